The number of carbonyl (C=O) groups is 1. The number of rotatable bonds is 2. The highest BCUT2D eigenvalue weighted by Crippen LogP contribution is 2.35. The van der Waals surface area contributed by atoms with E-state index in [2.05, 4.69) is 5.32 Å². The van der Waals surface area contributed by atoms with Gasteiger partial charge in [0.25, 0.3) is 0 Å². The first-order chi connectivity index (χ1) is 9.77. The van der Waals surface area contributed by atoms with E-state index in [0.29, 0.717) is 5.41 Å². The van der Waals surface area contributed by atoms with Crippen LogP contribution in [0.4, 0.5) is 0 Å². The maximum absolute atomic E-state index is 12.3. The molecule has 1 atom stereocenters. The molecule has 0 bridgehead atoms. The fraction of sp³-hybridized carbons (Fsp3) is 0.562. The molecular weight excluding hydrogens is 252 g/mol. The molecule has 3 rings (SSSR count). The van der Waals surface area contributed by atoms with Crippen molar-refractivity contribution in [1.82, 2.24) is 10.2 Å². The van der Waals surface area contributed by atoms with Gasteiger partial charge in [0.05, 0.1) is 6.26 Å². The Morgan fingerprint density at radius 1 is 1.40 bits per heavy atom. The Morgan fingerprint density at radius 2 is 2.30 bits per heavy atom. The minimum Gasteiger partial charge on any atom is -0.465 e. The van der Waals surface area contributed by atoms with Crippen molar-refractivity contribution in [3.8, 4) is 0 Å². The van der Waals surface area contributed by atoms with Gasteiger partial charge in [-0.25, -0.2) is 0 Å². The minimum atomic E-state index is 0.103. The van der Waals surface area contributed by atoms with Crippen molar-refractivity contribution in [3.05, 3.63) is 30.2 Å². The fourth-order valence-electron chi connectivity index (χ4n) is 3.42. The quantitative estimate of drug-likeness (QED) is 0.842. The Kier molecular flexibility index (Phi) is 3.92. The summed E-state index contributed by atoms with van der Waals surface area (Å²) in [6.07, 6.45) is 9.83. The number of hydrogen-bond donors (Lipinski definition) is 1. The second-order valence-electron chi connectivity index (χ2n) is 5.99. The highest BCUT2D eigenvalue weighted by atomic mass is 16.3. The summed E-state index contributed by atoms with van der Waals surface area (Å²) in [7, 11) is 0. The maximum atomic E-state index is 12.3. The monoisotopic (exact) mass is 274 g/mol. The molecule has 4 heteroatoms. The lowest BCUT2D eigenvalue weighted by Crippen LogP contribution is -2.52. The van der Waals surface area contributed by atoms with Gasteiger partial charge in [0.1, 0.15) is 5.76 Å². The van der Waals surface area contributed by atoms with Crippen molar-refractivity contribution in [2.75, 3.05) is 26.2 Å². The van der Waals surface area contributed by atoms with E-state index in [4.69, 9.17) is 4.42 Å². The van der Waals surface area contributed by atoms with Crippen molar-refractivity contribution >= 4 is 12.0 Å². The minimum absolute atomic E-state index is 0.103. The van der Waals surface area contributed by atoms with Gasteiger partial charge in [-0.05, 0) is 50.4 Å². The van der Waals surface area contributed by atoms with Gasteiger partial charge in [0.2, 0.25) is 5.91 Å². The highest BCUT2D eigenvalue weighted by Gasteiger charge is 2.37. The van der Waals surface area contributed by atoms with Gasteiger partial charge >= 0.3 is 0 Å². The molecule has 2 saturated heterocycles. The molecule has 2 aliphatic rings. The van der Waals surface area contributed by atoms with E-state index in [-0.39, 0.29) is 5.91 Å². The summed E-state index contributed by atoms with van der Waals surface area (Å²) in [6, 6.07) is 3.68. The van der Waals surface area contributed by atoms with Gasteiger partial charge in [0.15, 0.2) is 0 Å². The maximum Gasteiger partial charge on any atom is 0.246 e. The number of likely N-dealkylation sites (tertiary alicyclic amines) is 1. The van der Waals surface area contributed by atoms with E-state index < -0.39 is 0 Å². The zero-order valence-corrected chi connectivity index (χ0v) is 11.8. The topological polar surface area (TPSA) is 45.5 Å². The number of carbonyl (C=O) groups excluding carboxylic acids is 1. The molecule has 1 N–H and O–H groups in total. The molecule has 1 spiro atoms. The van der Waals surface area contributed by atoms with Crippen molar-refractivity contribution in [3.63, 3.8) is 0 Å². The molecule has 0 radical (unpaired) electrons. The number of furan rings is 1. The predicted octanol–water partition coefficient (Wildman–Crippen LogP) is 2.29. The summed E-state index contributed by atoms with van der Waals surface area (Å²) in [5.74, 6) is 0.829. The largest absolute Gasteiger partial charge is 0.465 e. The Balaban J connectivity index is 1.62. The second-order valence-corrected chi connectivity index (χ2v) is 5.99. The van der Waals surface area contributed by atoms with Crippen LogP contribution in [0.3, 0.4) is 0 Å². The summed E-state index contributed by atoms with van der Waals surface area (Å²) in [4.78, 5) is 14.3. The molecule has 2 fully saturated rings. The SMILES string of the molecule is O=C(/C=C/c1ccco1)N1CCCC2(CCCNC2)C1. The van der Waals surface area contributed by atoms with Crippen LogP contribution in [0.25, 0.3) is 6.08 Å². The summed E-state index contributed by atoms with van der Waals surface area (Å²) in [6.45, 7) is 3.94. The smallest absolute Gasteiger partial charge is 0.246 e. The summed E-state index contributed by atoms with van der Waals surface area (Å²) >= 11 is 0. The number of nitrogens with zero attached hydrogens (tertiary/aromatic N) is 1. The van der Waals surface area contributed by atoms with Crippen molar-refractivity contribution in [1.29, 1.82) is 0 Å². The number of nitrogens with one attached hydrogen (secondary N) is 1. The first-order valence-corrected chi connectivity index (χ1v) is 7.49. The van der Waals surface area contributed by atoms with Gasteiger partial charge in [-0.1, -0.05) is 0 Å². The molecule has 108 valence electrons. The number of hydrogen-bond acceptors (Lipinski definition) is 3. The van der Waals surface area contributed by atoms with Crippen molar-refractivity contribution in [2.24, 2.45) is 5.41 Å². The first-order valence-electron chi connectivity index (χ1n) is 7.49. The Labute approximate surface area is 119 Å². The van der Waals surface area contributed by atoms with Crippen LogP contribution in [-0.2, 0) is 4.79 Å². The molecule has 20 heavy (non-hydrogen) atoms. The lowest BCUT2D eigenvalue weighted by Gasteiger charge is -2.45. The lowest BCUT2D eigenvalue weighted by atomic mass is 9.74. The Hall–Kier alpha value is -1.55. The summed E-state index contributed by atoms with van der Waals surface area (Å²) in [5.41, 5.74) is 0.310. The van der Waals surface area contributed by atoms with Gasteiger partial charge < -0.3 is 14.6 Å². The second kappa shape index (κ2) is 5.83. The third-order valence-electron chi connectivity index (χ3n) is 4.47. The van der Waals surface area contributed by atoms with Crippen LogP contribution in [0.15, 0.2) is 28.9 Å². The fourth-order valence-corrected chi connectivity index (χ4v) is 3.42. The lowest BCUT2D eigenvalue weighted by molar-refractivity contribution is -0.129. The normalized spacial score (nSPS) is 27.3. The molecule has 1 amide bonds. The van der Waals surface area contributed by atoms with Gasteiger partial charge in [-0.15, -0.1) is 0 Å². The van der Waals surface area contributed by atoms with E-state index in [9.17, 15) is 4.79 Å². The number of amides is 1. The molecule has 4 nitrogen and oxygen atoms in total. The van der Waals surface area contributed by atoms with Gasteiger partial charge in [-0.3, -0.25) is 4.79 Å². The van der Waals surface area contributed by atoms with E-state index in [1.165, 1.54) is 19.3 Å². The molecule has 3 heterocycles. The molecule has 2 aliphatic heterocycles. The molecule has 0 saturated carbocycles. The Bertz CT molecular complexity index is 467. The van der Waals surface area contributed by atoms with E-state index in [1.807, 2.05) is 17.0 Å². The summed E-state index contributed by atoms with van der Waals surface area (Å²) < 4.78 is 5.21. The molecule has 1 aromatic rings. The zero-order chi connectivity index (χ0) is 13.8. The third kappa shape index (κ3) is 2.96. The van der Waals surface area contributed by atoms with Crippen LogP contribution in [-0.4, -0.2) is 37.0 Å². The van der Waals surface area contributed by atoms with Crippen LogP contribution < -0.4 is 5.32 Å². The van der Waals surface area contributed by atoms with Crippen LogP contribution in [0.2, 0.25) is 0 Å². The van der Waals surface area contributed by atoms with Crippen molar-refractivity contribution < 1.29 is 9.21 Å². The molecular formula is C16H22N2O2. The Morgan fingerprint density at radius 3 is 3.05 bits per heavy atom. The van der Waals surface area contributed by atoms with Gasteiger partial charge in [-0.2, -0.15) is 0 Å². The predicted molar refractivity (Wildman–Crippen MR) is 78.1 cm³/mol. The van der Waals surface area contributed by atoms with Crippen LogP contribution in [0, 0.1) is 5.41 Å². The number of piperidine rings is 2. The van der Waals surface area contributed by atoms with Crippen molar-refractivity contribution in [2.45, 2.75) is 25.7 Å². The van der Waals surface area contributed by atoms with Crippen LogP contribution in [0.5, 0.6) is 0 Å². The third-order valence-corrected chi connectivity index (χ3v) is 4.47. The van der Waals surface area contributed by atoms with E-state index in [0.717, 1.165) is 38.4 Å². The van der Waals surface area contributed by atoms with Crippen LogP contribution >= 0.6 is 0 Å². The van der Waals surface area contributed by atoms with E-state index in [1.54, 1.807) is 18.4 Å². The summed E-state index contributed by atoms with van der Waals surface area (Å²) in [5, 5.41) is 3.49. The van der Waals surface area contributed by atoms with Gasteiger partial charge in [0, 0.05) is 31.1 Å². The first kappa shape index (κ1) is 13.4. The molecule has 1 aromatic heterocycles. The molecule has 0 aliphatic carbocycles. The standard InChI is InChI=1S/C16H22N2O2/c19-15(6-5-14-4-1-11-20-14)18-10-3-8-16(13-18)7-2-9-17-12-16/h1,4-6,11,17H,2-3,7-10,12-13H2/b6-5+. The molecule has 1 unspecified atom stereocenters. The molecule has 0 aromatic carbocycles. The average Bonchev–Trinajstić information content (AvgIpc) is 2.99. The van der Waals surface area contributed by atoms with E-state index >= 15 is 0 Å². The zero-order valence-electron chi connectivity index (χ0n) is 11.8. The van der Waals surface area contributed by atoms with Crippen LogP contribution in [0.1, 0.15) is 31.4 Å². The highest BCUT2D eigenvalue weighted by molar-refractivity contribution is 5.91. The average molecular weight is 274 g/mol.